The maximum atomic E-state index is 10.2. The van der Waals surface area contributed by atoms with E-state index in [0.29, 0.717) is 5.41 Å². The highest BCUT2D eigenvalue weighted by atomic mass is 16.1. The molecule has 0 aliphatic heterocycles. The minimum Gasteiger partial charge on any atom is -0.299 e. The number of rotatable bonds is 6. The quantitative estimate of drug-likeness (QED) is 0.321. The van der Waals surface area contributed by atoms with Crippen molar-refractivity contribution in [2.45, 2.75) is 53.9 Å². The summed E-state index contributed by atoms with van der Waals surface area (Å²) in [7, 11) is 0. The van der Waals surface area contributed by atoms with Gasteiger partial charge in [-0.2, -0.15) is 0 Å². The summed E-state index contributed by atoms with van der Waals surface area (Å²) in [6.07, 6.45) is 20.5. The van der Waals surface area contributed by atoms with Gasteiger partial charge in [0.1, 0.15) is 6.29 Å². The van der Waals surface area contributed by atoms with E-state index in [4.69, 9.17) is 0 Å². The third-order valence-corrected chi connectivity index (χ3v) is 4.32. The standard InChI is InChI=1S/C22H30O/c1-18(10-6-7-17-23)11-8-12-19(2)14-15-21-20(3)13-9-16-22(21,4)5/h6-8,10-12,14-15,17H,9,13,16H2,1-5H3/b7-6+,11-8+,15-14+,18-10+,19-12+. The van der Waals surface area contributed by atoms with E-state index >= 15 is 0 Å². The van der Waals surface area contributed by atoms with Crippen LogP contribution in [0.4, 0.5) is 0 Å². The molecule has 0 fully saturated rings. The van der Waals surface area contributed by atoms with Crippen molar-refractivity contribution in [1.82, 2.24) is 0 Å². The molecule has 0 atom stereocenters. The van der Waals surface area contributed by atoms with E-state index in [9.17, 15) is 4.79 Å². The van der Waals surface area contributed by atoms with Gasteiger partial charge in [0.05, 0.1) is 0 Å². The van der Waals surface area contributed by atoms with Gasteiger partial charge >= 0.3 is 0 Å². The van der Waals surface area contributed by atoms with Crippen molar-refractivity contribution in [3.05, 3.63) is 70.9 Å². The van der Waals surface area contributed by atoms with Crippen LogP contribution in [0.2, 0.25) is 0 Å². The minimum absolute atomic E-state index is 0.291. The smallest absolute Gasteiger partial charge is 0.142 e. The monoisotopic (exact) mass is 310 g/mol. The predicted molar refractivity (Wildman–Crippen MR) is 101 cm³/mol. The van der Waals surface area contributed by atoms with Gasteiger partial charge in [-0.3, -0.25) is 4.79 Å². The largest absolute Gasteiger partial charge is 0.299 e. The lowest BCUT2D eigenvalue weighted by Crippen LogP contribution is -2.19. The van der Waals surface area contributed by atoms with Crippen LogP contribution >= 0.6 is 0 Å². The molecule has 1 aliphatic carbocycles. The van der Waals surface area contributed by atoms with Crippen LogP contribution < -0.4 is 0 Å². The average Bonchev–Trinajstić information content (AvgIpc) is 2.46. The molecule has 0 saturated carbocycles. The van der Waals surface area contributed by atoms with Crippen molar-refractivity contribution in [2.24, 2.45) is 5.41 Å². The minimum atomic E-state index is 0.291. The molecule has 0 bridgehead atoms. The van der Waals surface area contributed by atoms with Crippen molar-refractivity contribution in [3.8, 4) is 0 Å². The van der Waals surface area contributed by atoms with Gasteiger partial charge in [-0.15, -0.1) is 0 Å². The molecule has 1 heteroatoms. The summed E-state index contributed by atoms with van der Waals surface area (Å²) >= 11 is 0. The third kappa shape index (κ3) is 6.81. The number of hydrogen-bond acceptors (Lipinski definition) is 1. The van der Waals surface area contributed by atoms with E-state index in [2.05, 4.69) is 45.9 Å². The number of allylic oxidation sites excluding steroid dienone is 12. The Bertz CT molecular complexity index is 589. The Morgan fingerprint density at radius 3 is 2.30 bits per heavy atom. The molecule has 1 aliphatic rings. The topological polar surface area (TPSA) is 17.1 Å². The van der Waals surface area contributed by atoms with Crippen LogP contribution in [0.1, 0.15) is 53.9 Å². The first-order chi connectivity index (χ1) is 10.9. The molecule has 0 aromatic carbocycles. The zero-order valence-corrected chi connectivity index (χ0v) is 15.2. The maximum Gasteiger partial charge on any atom is 0.142 e. The van der Waals surface area contributed by atoms with Gasteiger partial charge in [0, 0.05) is 0 Å². The zero-order chi connectivity index (χ0) is 17.3. The van der Waals surface area contributed by atoms with Crippen LogP contribution in [-0.4, -0.2) is 6.29 Å². The molecular weight excluding hydrogens is 280 g/mol. The van der Waals surface area contributed by atoms with Crippen LogP contribution in [0.3, 0.4) is 0 Å². The highest BCUT2D eigenvalue weighted by molar-refractivity contribution is 5.65. The SMILES string of the molecule is CC1=C(/C=C/C(C)=C/C=C/C(C)=C/C=C/C=O)C(C)(C)CCC1. The van der Waals surface area contributed by atoms with Crippen LogP contribution in [-0.2, 0) is 4.79 Å². The van der Waals surface area contributed by atoms with E-state index in [1.807, 2.05) is 25.2 Å². The highest BCUT2D eigenvalue weighted by Gasteiger charge is 2.26. The van der Waals surface area contributed by atoms with Crippen molar-refractivity contribution < 1.29 is 4.79 Å². The van der Waals surface area contributed by atoms with E-state index in [-0.39, 0.29) is 0 Å². The molecule has 0 N–H and O–H groups in total. The number of hydrogen-bond donors (Lipinski definition) is 0. The van der Waals surface area contributed by atoms with E-state index < -0.39 is 0 Å². The number of aldehydes is 1. The fourth-order valence-corrected chi connectivity index (χ4v) is 2.94. The molecule has 0 saturated heterocycles. The summed E-state index contributed by atoms with van der Waals surface area (Å²) in [5.41, 5.74) is 5.67. The summed E-state index contributed by atoms with van der Waals surface area (Å²) in [5.74, 6) is 0. The summed E-state index contributed by atoms with van der Waals surface area (Å²) in [6, 6.07) is 0. The second kappa shape index (κ2) is 9.29. The van der Waals surface area contributed by atoms with Crippen molar-refractivity contribution in [1.29, 1.82) is 0 Å². The predicted octanol–water partition coefficient (Wildman–Crippen LogP) is 6.27. The van der Waals surface area contributed by atoms with Gasteiger partial charge < -0.3 is 0 Å². The van der Waals surface area contributed by atoms with Crippen molar-refractivity contribution >= 4 is 6.29 Å². The van der Waals surface area contributed by atoms with Crippen LogP contribution in [0.5, 0.6) is 0 Å². The van der Waals surface area contributed by atoms with Crippen LogP contribution in [0.25, 0.3) is 0 Å². The number of carbonyl (C=O) groups is 1. The molecule has 0 radical (unpaired) electrons. The van der Waals surface area contributed by atoms with Gasteiger partial charge in [-0.25, -0.2) is 0 Å². The van der Waals surface area contributed by atoms with Gasteiger partial charge in [-0.05, 0) is 57.1 Å². The molecule has 0 heterocycles. The van der Waals surface area contributed by atoms with E-state index in [1.54, 1.807) is 6.08 Å². The zero-order valence-electron chi connectivity index (χ0n) is 15.2. The average molecular weight is 310 g/mol. The molecule has 0 unspecified atom stereocenters. The highest BCUT2D eigenvalue weighted by Crippen LogP contribution is 2.40. The Labute approximate surface area is 141 Å². The third-order valence-electron chi connectivity index (χ3n) is 4.32. The molecule has 0 aromatic rings. The Hall–Kier alpha value is -1.89. The van der Waals surface area contributed by atoms with Crippen LogP contribution in [0.15, 0.2) is 70.9 Å². The normalized spacial score (nSPS) is 20.2. The molecule has 0 amide bonds. The fourth-order valence-electron chi connectivity index (χ4n) is 2.94. The van der Waals surface area contributed by atoms with Crippen molar-refractivity contribution in [3.63, 3.8) is 0 Å². The second-order valence-electron chi connectivity index (χ2n) is 6.97. The molecule has 1 rings (SSSR count). The Morgan fingerprint density at radius 2 is 1.65 bits per heavy atom. The first-order valence-corrected chi connectivity index (χ1v) is 8.39. The second-order valence-corrected chi connectivity index (χ2v) is 6.97. The first-order valence-electron chi connectivity index (χ1n) is 8.39. The number of carbonyl (C=O) groups excluding carboxylic acids is 1. The lowest BCUT2D eigenvalue weighted by Gasteiger charge is -2.32. The van der Waals surface area contributed by atoms with Gasteiger partial charge in [0.25, 0.3) is 0 Å². The molecule has 1 nitrogen and oxygen atoms in total. The maximum absolute atomic E-state index is 10.2. The van der Waals surface area contributed by atoms with Gasteiger partial charge in [0.15, 0.2) is 0 Å². The fraction of sp³-hybridized carbons (Fsp3) is 0.409. The van der Waals surface area contributed by atoms with E-state index in [0.717, 1.165) is 11.9 Å². The molecular formula is C22H30O. The van der Waals surface area contributed by atoms with E-state index in [1.165, 1.54) is 42.1 Å². The summed E-state index contributed by atoms with van der Waals surface area (Å²) < 4.78 is 0. The lowest BCUT2D eigenvalue weighted by molar-refractivity contribution is -0.104. The van der Waals surface area contributed by atoms with Gasteiger partial charge in [0.2, 0.25) is 0 Å². The molecule has 0 aromatic heterocycles. The Balaban J connectivity index is 2.75. The summed E-state index contributed by atoms with van der Waals surface area (Å²) in [4.78, 5) is 10.2. The Morgan fingerprint density at radius 1 is 1.00 bits per heavy atom. The summed E-state index contributed by atoms with van der Waals surface area (Å²) in [6.45, 7) is 11.1. The summed E-state index contributed by atoms with van der Waals surface area (Å²) in [5, 5.41) is 0. The molecule has 124 valence electrons. The Kier molecular flexibility index (Phi) is 7.74. The molecule has 23 heavy (non-hydrogen) atoms. The van der Waals surface area contributed by atoms with Crippen molar-refractivity contribution in [2.75, 3.05) is 0 Å². The molecule has 0 spiro atoms. The first kappa shape index (κ1) is 19.2. The van der Waals surface area contributed by atoms with Gasteiger partial charge in [-0.1, -0.05) is 73.1 Å². The van der Waals surface area contributed by atoms with Crippen LogP contribution in [0, 0.1) is 5.41 Å². The lowest BCUT2D eigenvalue weighted by atomic mass is 9.72.